The third kappa shape index (κ3) is 4.80. The average Bonchev–Trinajstić information content (AvgIpc) is 3.15. The second kappa shape index (κ2) is 9.55. The van der Waals surface area contributed by atoms with Crippen LogP contribution in [0.15, 0.2) is 42.6 Å². The maximum absolute atomic E-state index is 13.1. The summed E-state index contributed by atoms with van der Waals surface area (Å²) in [5.41, 5.74) is 13.6. The fourth-order valence-corrected chi connectivity index (χ4v) is 4.10. The number of amides is 2. The minimum Gasteiger partial charge on any atom is -0.350 e. The highest BCUT2D eigenvalue weighted by Gasteiger charge is 2.46. The van der Waals surface area contributed by atoms with Gasteiger partial charge in [-0.05, 0) is 55.2 Å². The number of pyridine rings is 1. The lowest BCUT2D eigenvalue weighted by Crippen LogP contribution is -2.58. The van der Waals surface area contributed by atoms with Gasteiger partial charge in [0.25, 0.3) is 0 Å². The molecule has 1 aliphatic heterocycles. The van der Waals surface area contributed by atoms with Crippen molar-refractivity contribution in [3.8, 4) is 0 Å². The van der Waals surface area contributed by atoms with E-state index in [0.29, 0.717) is 37.5 Å². The van der Waals surface area contributed by atoms with Gasteiger partial charge in [0.15, 0.2) is 0 Å². The molecule has 0 spiro atoms. The summed E-state index contributed by atoms with van der Waals surface area (Å²) in [5, 5.41) is 3.54. The maximum Gasteiger partial charge on any atom is 0.245 e. The molecular weight excluding hydrogens is 402 g/mol. The van der Waals surface area contributed by atoms with Gasteiger partial charge in [-0.25, -0.2) is 0 Å². The number of hydrogen-bond acceptors (Lipinski definition) is 5. The Hall–Kier alpha value is -2.48. The Bertz CT molecular complexity index is 908. The van der Waals surface area contributed by atoms with Crippen molar-refractivity contribution in [3.05, 3.63) is 64.4 Å². The van der Waals surface area contributed by atoms with E-state index in [4.69, 9.17) is 23.1 Å². The van der Waals surface area contributed by atoms with E-state index in [1.165, 1.54) is 0 Å². The van der Waals surface area contributed by atoms with Gasteiger partial charge in [0.1, 0.15) is 5.54 Å². The normalized spacial score (nSPS) is 19.5. The maximum atomic E-state index is 13.1. The number of nitrogens with two attached hydrogens (primary N) is 2. The van der Waals surface area contributed by atoms with Crippen molar-refractivity contribution in [2.75, 3.05) is 6.54 Å². The van der Waals surface area contributed by atoms with Gasteiger partial charge in [-0.15, -0.1) is 0 Å². The van der Waals surface area contributed by atoms with E-state index in [2.05, 4.69) is 10.3 Å². The van der Waals surface area contributed by atoms with Crippen LogP contribution in [0.2, 0.25) is 5.02 Å². The molecule has 2 unspecified atom stereocenters. The van der Waals surface area contributed by atoms with Crippen LogP contribution in [0.1, 0.15) is 36.6 Å². The van der Waals surface area contributed by atoms with Gasteiger partial charge < -0.3 is 21.7 Å². The molecule has 2 heterocycles. The largest absolute Gasteiger partial charge is 0.350 e. The molecule has 1 saturated heterocycles. The third-order valence-corrected chi connectivity index (χ3v) is 5.93. The zero-order valence-electron chi connectivity index (χ0n) is 17.1. The molecule has 0 aliphatic carbocycles. The van der Waals surface area contributed by atoms with Crippen molar-refractivity contribution < 1.29 is 9.59 Å². The Morgan fingerprint density at radius 1 is 1.30 bits per heavy atom. The Labute approximate surface area is 181 Å². The predicted octanol–water partition coefficient (Wildman–Crippen LogP) is 1.76. The summed E-state index contributed by atoms with van der Waals surface area (Å²) < 4.78 is 0. The quantitative estimate of drug-likeness (QED) is 0.620. The van der Waals surface area contributed by atoms with Crippen LogP contribution >= 0.6 is 11.6 Å². The second-order valence-corrected chi connectivity index (χ2v) is 8.24. The number of halogens is 1. The summed E-state index contributed by atoms with van der Waals surface area (Å²) in [6.07, 6.45) is 3.33. The van der Waals surface area contributed by atoms with Gasteiger partial charge in [0, 0.05) is 43.0 Å². The molecule has 1 aromatic carbocycles. The highest BCUT2D eigenvalue weighted by Crippen LogP contribution is 2.30. The molecule has 5 N–H and O–H groups in total. The van der Waals surface area contributed by atoms with E-state index in [0.717, 1.165) is 23.2 Å². The molecule has 2 atom stereocenters. The van der Waals surface area contributed by atoms with Crippen molar-refractivity contribution >= 4 is 23.4 Å². The van der Waals surface area contributed by atoms with Crippen molar-refractivity contribution in [1.29, 1.82) is 0 Å². The summed E-state index contributed by atoms with van der Waals surface area (Å²) >= 11 is 6.08. The number of nitrogens with one attached hydrogen (secondary N) is 1. The third-order valence-electron chi connectivity index (χ3n) is 5.70. The molecule has 1 aliphatic rings. The zero-order valence-corrected chi connectivity index (χ0v) is 17.9. The van der Waals surface area contributed by atoms with Gasteiger partial charge in [-0.3, -0.25) is 14.6 Å². The van der Waals surface area contributed by atoms with Gasteiger partial charge >= 0.3 is 0 Å². The summed E-state index contributed by atoms with van der Waals surface area (Å²) in [5.74, 6) is -0.442. The molecule has 30 heavy (non-hydrogen) atoms. The monoisotopic (exact) mass is 429 g/mol. The predicted molar refractivity (Wildman–Crippen MR) is 116 cm³/mol. The summed E-state index contributed by atoms with van der Waals surface area (Å²) in [4.78, 5) is 32.0. The van der Waals surface area contributed by atoms with Crippen LogP contribution < -0.4 is 16.8 Å². The number of nitrogens with zero attached hydrogens (tertiary/aromatic N) is 2. The van der Waals surface area contributed by atoms with E-state index in [9.17, 15) is 9.59 Å². The minimum atomic E-state index is -0.944. The van der Waals surface area contributed by atoms with E-state index in [1.54, 1.807) is 30.2 Å². The topological polar surface area (TPSA) is 114 Å². The van der Waals surface area contributed by atoms with Crippen LogP contribution in [0.4, 0.5) is 0 Å². The highest BCUT2D eigenvalue weighted by atomic mass is 35.5. The molecule has 0 radical (unpaired) electrons. The smallest absolute Gasteiger partial charge is 0.245 e. The number of rotatable bonds is 7. The van der Waals surface area contributed by atoms with E-state index in [1.807, 2.05) is 24.3 Å². The fraction of sp³-hybridized carbons (Fsp3) is 0.409. The number of likely N-dealkylation sites (tertiary alicyclic amines) is 1. The van der Waals surface area contributed by atoms with Crippen LogP contribution in [0.3, 0.4) is 0 Å². The van der Waals surface area contributed by atoms with Crippen LogP contribution in [0.25, 0.3) is 0 Å². The number of benzene rings is 1. The van der Waals surface area contributed by atoms with Crippen molar-refractivity contribution in [2.45, 2.75) is 50.9 Å². The molecule has 160 valence electrons. The highest BCUT2D eigenvalue weighted by molar-refractivity contribution is 6.30. The summed E-state index contributed by atoms with van der Waals surface area (Å²) in [6.45, 7) is 2.95. The number of carbonyl (C=O) groups is 2. The Balaban J connectivity index is 1.68. The first-order chi connectivity index (χ1) is 14.3. The first-order valence-electron chi connectivity index (χ1n) is 10.1. The molecule has 0 saturated carbocycles. The summed E-state index contributed by atoms with van der Waals surface area (Å²) in [7, 11) is 0. The minimum absolute atomic E-state index is 0.207. The van der Waals surface area contributed by atoms with E-state index in [-0.39, 0.29) is 11.8 Å². The van der Waals surface area contributed by atoms with Gasteiger partial charge in [0.05, 0.1) is 6.04 Å². The average molecular weight is 430 g/mol. The summed E-state index contributed by atoms with van der Waals surface area (Å²) in [6, 6.07) is 10.2. The lowest BCUT2D eigenvalue weighted by molar-refractivity contribution is -0.145. The van der Waals surface area contributed by atoms with Gasteiger partial charge in [0.2, 0.25) is 11.8 Å². The number of aromatic nitrogens is 1. The van der Waals surface area contributed by atoms with Crippen LogP contribution in [0.5, 0.6) is 0 Å². The van der Waals surface area contributed by atoms with E-state index >= 15 is 0 Å². The van der Waals surface area contributed by atoms with Crippen LogP contribution in [0, 0.1) is 0 Å². The molecule has 1 fully saturated rings. The lowest BCUT2D eigenvalue weighted by atomic mass is 9.96. The molecule has 8 heteroatoms. The van der Waals surface area contributed by atoms with Crippen LogP contribution in [-0.4, -0.2) is 39.8 Å². The molecular formula is C22H28ClN5O2. The Morgan fingerprint density at radius 3 is 2.80 bits per heavy atom. The first-order valence-corrected chi connectivity index (χ1v) is 10.5. The van der Waals surface area contributed by atoms with Crippen molar-refractivity contribution in [2.24, 2.45) is 11.5 Å². The molecule has 1 aromatic heterocycles. The standard InChI is InChI=1S/C22H28ClN5O2/c1-22(21(30)27-14-16-11-17(23)7-6-15(16)13-24)8-4-10-28(22)20(29)19(25)12-18-5-2-3-9-26-18/h2-3,5-7,9,11,19H,4,8,10,12-14,24-25H2,1H3,(H,27,30). The number of hydrogen-bond donors (Lipinski definition) is 3. The molecule has 3 rings (SSSR count). The Morgan fingerprint density at radius 2 is 2.10 bits per heavy atom. The van der Waals surface area contributed by atoms with Gasteiger partial charge in [-0.2, -0.15) is 0 Å². The Kier molecular flexibility index (Phi) is 7.07. The molecule has 2 amide bonds. The van der Waals surface area contributed by atoms with E-state index < -0.39 is 11.6 Å². The van der Waals surface area contributed by atoms with Crippen molar-refractivity contribution in [3.63, 3.8) is 0 Å². The second-order valence-electron chi connectivity index (χ2n) is 7.80. The van der Waals surface area contributed by atoms with Gasteiger partial charge in [-0.1, -0.05) is 23.7 Å². The lowest BCUT2D eigenvalue weighted by Gasteiger charge is -2.35. The fourth-order valence-electron chi connectivity index (χ4n) is 3.91. The van der Waals surface area contributed by atoms with Crippen LogP contribution in [-0.2, 0) is 29.1 Å². The molecule has 2 aromatic rings. The molecule has 7 nitrogen and oxygen atoms in total. The first kappa shape index (κ1) is 22.2. The number of carbonyl (C=O) groups excluding carboxylic acids is 2. The molecule has 0 bridgehead atoms. The zero-order chi connectivity index (χ0) is 21.7. The van der Waals surface area contributed by atoms with Crippen molar-refractivity contribution in [1.82, 2.24) is 15.2 Å². The SMILES string of the molecule is CC1(C(=O)NCc2cc(Cl)ccc2CN)CCCN1C(=O)C(N)Cc1ccccn1.